The molecule has 0 saturated carbocycles. The van der Waals surface area contributed by atoms with E-state index in [1.165, 1.54) is 15.6 Å². The van der Waals surface area contributed by atoms with Crippen molar-refractivity contribution in [3.8, 4) is 6.07 Å². The molecule has 0 aliphatic rings. The van der Waals surface area contributed by atoms with Crippen LogP contribution in [0, 0.1) is 11.3 Å². The van der Waals surface area contributed by atoms with E-state index < -0.39 is 15.3 Å². The molecular weight excluding hydrogens is 256 g/mol. The lowest BCUT2D eigenvalue weighted by atomic mass is 10.4. The van der Waals surface area contributed by atoms with Crippen LogP contribution in [0.25, 0.3) is 0 Å². The molecule has 6 heteroatoms. The molecule has 94 valence electrons. The first kappa shape index (κ1) is 14.2. The summed E-state index contributed by atoms with van der Waals surface area (Å²) in [6.07, 6.45) is 0.319. The van der Waals surface area contributed by atoms with Crippen molar-refractivity contribution < 1.29 is 8.42 Å². The summed E-state index contributed by atoms with van der Waals surface area (Å²) in [5, 5.41) is 9.85. The monoisotopic (exact) mass is 272 g/mol. The topological polar surface area (TPSA) is 61.2 Å². The summed E-state index contributed by atoms with van der Waals surface area (Å²) >= 11 is 1.52. The van der Waals surface area contributed by atoms with Gasteiger partial charge in [-0.25, -0.2) is 8.42 Å². The second kappa shape index (κ2) is 6.15. The van der Waals surface area contributed by atoms with E-state index in [4.69, 9.17) is 5.26 Å². The van der Waals surface area contributed by atoms with Gasteiger partial charge >= 0.3 is 0 Å². The highest BCUT2D eigenvalue weighted by molar-refractivity contribution is 7.89. The fraction of sp³-hybridized carbons (Fsp3) is 0.545. The van der Waals surface area contributed by atoms with Crippen LogP contribution in [-0.4, -0.2) is 24.5 Å². The average molecular weight is 272 g/mol. The number of nitrogens with zero attached hydrogens (tertiary/aromatic N) is 2. The fourth-order valence-electron chi connectivity index (χ4n) is 1.51. The summed E-state index contributed by atoms with van der Waals surface area (Å²) in [6.45, 7) is 4.24. The van der Waals surface area contributed by atoms with Crippen LogP contribution < -0.4 is 0 Å². The molecule has 0 bridgehead atoms. The van der Waals surface area contributed by atoms with Gasteiger partial charge < -0.3 is 0 Å². The molecule has 1 aromatic heterocycles. The van der Waals surface area contributed by atoms with Crippen LogP contribution >= 0.6 is 11.3 Å². The minimum atomic E-state index is -3.51. The van der Waals surface area contributed by atoms with E-state index in [0.29, 0.717) is 19.5 Å². The fourth-order valence-corrected chi connectivity index (χ4v) is 3.90. The van der Waals surface area contributed by atoms with Crippen molar-refractivity contribution in [3.63, 3.8) is 0 Å². The van der Waals surface area contributed by atoms with Crippen molar-refractivity contribution in [2.24, 2.45) is 0 Å². The van der Waals surface area contributed by atoms with Crippen LogP contribution in [0.4, 0.5) is 0 Å². The number of thiophene rings is 1. The first-order valence-electron chi connectivity index (χ1n) is 5.47. The molecule has 1 atom stereocenters. The smallest absolute Gasteiger partial charge is 0.211 e. The Kier molecular flexibility index (Phi) is 5.12. The molecule has 0 fully saturated rings. The summed E-state index contributed by atoms with van der Waals surface area (Å²) in [6, 6.07) is 5.65. The standard InChI is InChI=1S/C11H16N2O2S2/c1-3-11(8-12)17(14,15)13(4-2)9-10-6-5-7-16-10/h5-7,11H,3-4,9H2,1-2H3. The summed E-state index contributed by atoms with van der Waals surface area (Å²) in [5.74, 6) is 0. The SMILES string of the molecule is CCC(C#N)S(=O)(=O)N(CC)Cc1cccs1. The first-order chi connectivity index (χ1) is 8.06. The van der Waals surface area contributed by atoms with Gasteiger partial charge in [0.15, 0.2) is 5.25 Å². The van der Waals surface area contributed by atoms with E-state index in [9.17, 15) is 8.42 Å². The van der Waals surface area contributed by atoms with E-state index in [1.807, 2.05) is 23.6 Å². The molecule has 1 aromatic rings. The van der Waals surface area contributed by atoms with Crippen LogP contribution in [0.2, 0.25) is 0 Å². The number of nitriles is 1. The van der Waals surface area contributed by atoms with Crippen molar-refractivity contribution in [3.05, 3.63) is 22.4 Å². The van der Waals surface area contributed by atoms with E-state index in [2.05, 4.69) is 0 Å². The predicted molar refractivity (Wildman–Crippen MR) is 69.0 cm³/mol. The highest BCUT2D eigenvalue weighted by Gasteiger charge is 2.29. The molecule has 0 saturated heterocycles. The molecule has 1 heterocycles. The number of hydrogen-bond acceptors (Lipinski definition) is 4. The van der Waals surface area contributed by atoms with Gasteiger partial charge in [0.2, 0.25) is 10.0 Å². The van der Waals surface area contributed by atoms with Gasteiger partial charge in [0.25, 0.3) is 0 Å². The molecule has 0 N–H and O–H groups in total. The Hall–Kier alpha value is -0.900. The second-order valence-electron chi connectivity index (χ2n) is 3.58. The van der Waals surface area contributed by atoms with Crippen LogP contribution in [-0.2, 0) is 16.6 Å². The molecule has 0 aliphatic heterocycles. The van der Waals surface area contributed by atoms with E-state index in [0.717, 1.165) is 4.88 Å². The maximum absolute atomic E-state index is 12.2. The number of sulfonamides is 1. The zero-order valence-corrected chi connectivity index (χ0v) is 11.6. The first-order valence-corrected chi connectivity index (χ1v) is 7.85. The molecule has 0 spiro atoms. The van der Waals surface area contributed by atoms with Crippen LogP contribution in [0.1, 0.15) is 25.1 Å². The predicted octanol–water partition coefficient (Wildman–Crippen LogP) is 2.20. The zero-order valence-electron chi connectivity index (χ0n) is 9.96. The lowest BCUT2D eigenvalue weighted by Crippen LogP contribution is -2.37. The third kappa shape index (κ3) is 3.28. The molecule has 1 unspecified atom stereocenters. The van der Waals surface area contributed by atoms with Crippen molar-refractivity contribution in [2.75, 3.05) is 6.54 Å². The highest BCUT2D eigenvalue weighted by Crippen LogP contribution is 2.18. The van der Waals surface area contributed by atoms with Gasteiger partial charge in [-0.2, -0.15) is 9.57 Å². The summed E-state index contributed by atoms with van der Waals surface area (Å²) in [5.41, 5.74) is 0. The lowest BCUT2D eigenvalue weighted by Gasteiger charge is -2.22. The van der Waals surface area contributed by atoms with Gasteiger partial charge in [-0.1, -0.05) is 19.9 Å². The Morgan fingerprint density at radius 1 is 1.53 bits per heavy atom. The van der Waals surface area contributed by atoms with E-state index >= 15 is 0 Å². The zero-order chi connectivity index (χ0) is 12.9. The summed E-state index contributed by atoms with van der Waals surface area (Å²) in [4.78, 5) is 0.989. The van der Waals surface area contributed by atoms with Gasteiger partial charge in [-0.3, -0.25) is 0 Å². The largest absolute Gasteiger partial charge is 0.230 e. The Bertz CT molecular complexity index is 474. The Labute approximate surface area is 107 Å². The van der Waals surface area contributed by atoms with Crippen molar-refractivity contribution in [1.29, 1.82) is 5.26 Å². The van der Waals surface area contributed by atoms with E-state index in [-0.39, 0.29) is 0 Å². The lowest BCUT2D eigenvalue weighted by molar-refractivity contribution is 0.421. The van der Waals surface area contributed by atoms with Gasteiger partial charge in [0.05, 0.1) is 6.07 Å². The van der Waals surface area contributed by atoms with Gasteiger partial charge in [-0.15, -0.1) is 11.3 Å². The normalized spacial score (nSPS) is 13.5. The molecule has 0 amide bonds. The maximum Gasteiger partial charge on any atom is 0.230 e. The van der Waals surface area contributed by atoms with Gasteiger partial charge in [0.1, 0.15) is 0 Å². The van der Waals surface area contributed by atoms with E-state index in [1.54, 1.807) is 13.8 Å². The third-order valence-electron chi connectivity index (χ3n) is 2.50. The summed E-state index contributed by atoms with van der Waals surface area (Å²) < 4.78 is 25.7. The second-order valence-corrected chi connectivity index (χ2v) is 6.72. The Morgan fingerprint density at radius 3 is 2.65 bits per heavy atom. The minimum absolute atomic E-state index is 0.319. The molecule has 0 radical (unpaired) electrons. The number of hydrogen-bond donors (Lipinski definition) is 0. The Morgan fingerprint density at radius 2 is 2.24 bits per heavy atom. The molecule has 0 aliphatic carbocycles. The average Bonchev–Trinajstić information content (AvgIpc) is 2.79. The van der Waals surface area contributed by atoms with Crippen molar-refractivity contribution in [2.45, 2.75) is 32.1 Å². The Balaban J connectivity index is 2.91. The molecule has 1 rings (SSSR count). The van der Waals surface area contributed by atoms with Crippen molar-refractivity contribution >= 4 is 21.4 Å². The van der Waals surface area contributed by atoms with Crippen LogP contribution in [0.3, 0.4) is 0 Å². The van der Waals surface area contributed by atoms with Crippen LogP contribution in [0.15, 0.2) is 17.5 Å². The molecule has 17 heavy (non-hydrogen) atoms. The number of rotatable bonds is 6. The van der Waals surface area contributed by atoms with Crippen molar-refractivity contribution in [1.82, 2.24) is 4.31 Å². The molecule has 4 nitrogen and oxygen atoms in total. The summed E-state index contributed by atoms with van der Waals surface area (Å²) in [7, 11) is -3.51. The van der Waals surface area contributed by atoms with Gasteiger partial charge in [0, 0.05) is 18.0 Å². The van der Waals surface area contributed by atoms with Crippen LogP contribution in [0.5, 0.6) is 0 Å². The maximum atomic E-state index is 12.2. The minimum Gasteiger partial charge on any atom is -0.211 e. The highest BCUT2D eigenvalue weighted by atomic mass is 32.2. The molecular formula is C11H16N2O2S2. The third-order valence-corrected chi connectivity index (χ3v) is 5.63. The van der Waals surface area contributed by atoms with Gasteiger partial charge in [-0.05, 0) is 17.9 Å². The molecule has 0 aromatic carbocycles. The quantitative estimate of drug-likeness (QED) is 0.797.